The number of rotatable bonds is 6. The predicted octanol–water partition coefficient (Wildman–Crippen LogP) is 3.22. The number of carbonyl (C=O) groups excluding carboxylic acids is 1. The van der Waals surface area contributed by atoms with Crippen LogP contribution < -0.4 is 5.56 Å². The molecule has 0 radical (unpaired) electrons. The van der Waals surface area contributed by atoms with Crippen molar-refractivity contribution in [3.05, 3.63) is 100 Å². The Balaban J connectivity index is 1.28. The van der Waals surface area contributed by atoms with Gasteiger partial charge in [0.15, 0.2) is 5.82 Å². The molecule has 2 aliphatic carbocycles. The van der Waals surface area contributed by atoms with E-state index in [0.717, 1.165) is 11.3 Å². The zero-order valence-electron chi connectivity index (χ0n) is 18.1. The quantitative estimate of drug-likeness (QED) is 0.420. The maximum absolute atomic E-state index is 12.7. The van der Waals surface area contributed by atoms with E-state index in [4.69, 9.17) is 14.8 Å². The highest BCUT2D eigenvalue weighted by Crippen LogP contribution is 2.41. The molecule has 2 atom stereocenters. The third-order valence-corrected chi connectivity index (χ3v) is 5.92. The lowest BCUT2D eigenvalue weighted by Gasteiger charge is -2.16. The molecule has 0 fully saturated rings. The maximum Gasteiger partial charge on any atom is 0.347 e. The first kappa shape index (κ1) is 21.3. The molecule has 1 heterocycles. The minimum absolute atomic E-state index is 0.0561. The van der Waals surface area contributed by atoms with E-state index in [1.165, 1.54) is 10.1 Å². The van der Waals surface area contributed by atoms with Crippen LogP contribution in [0.5, 0.6) is 0 Å². The second-order valence-corrected chi connectivity index (χ2v) is 7.91. The Hall–Kier alpha value is -4.51. The van der Waals surface area contributed by atoms with Gasteiger partial charge in [-0.25, -0.2) is 9.78 Å². The topological polar surface area (TPSA) is 107 Å². The van der Waals surface area contributed by atoms with Crippen LogP contribution in [0.4, 0.5) is 0 Å². The van der Waals surface area contributed by atoms with Gasteiger partial charge in [0.25, 0.3) is 5.56 Å². The number of ether oxygens (including phenoxy) is 1. The number of nitrogens with zero attached hydrogens (tertiary/aromatic N) is 4. The van der Waals surface area contributed by atoms with Gasteiger partial charge in [-0.15, -0.1) is 0 Å². The lowest BCUT2D eigenvalue weighted by atomic mass is 9.88. The summed E-state index contributed by atoms with van der Waals surface area (Å²) in [5.41, 5.74) is 3.07. The number of hydrogen-bond donors (Lipinski definition) is 0. The Bertz CT molecular complexity index is 1460. The molecule has 1 aromatic heterocycles. The van der Waals surface area contributed by atoms with Crippen LogP contribution in [-0.2, 0) is 27.5 Å². The van der Waals surface area contributed by atoms with E-state index in [9.17, 15) is 9.59 Å². The second kappa shape index (κ2) is 9.16. The van der Waals surface area contributed by atoms with Crippen LogP contribution in [0.25, 0.3) is 10.9 Å². The van der Waals surface area contributed by atoms with Crippen LogP contribution in [-0.4, -0.2) is 27.8 Å². The molecule has 0 saturated carbocycles. The third-order valence-electron chi connectivity index (χ3n) is 5.92. The van der Waals surface area contributed by atoms with Crippen molar-refractivity contribution in [2.75, 3.05) is 6.61 Å². The average molecular weight is 452 g/mol. The van der Waals surface area contributed by atoms with Gasteiger partial charge >= 0.3 is 5.97 Å². The zero-order valence-corrected chi connectivity index (χ0v) is 18.1. The van der Waals surface area contributed by atoms with E-state index in [1.807, 2.05) is 36.4 Å². The number of fused-ring (bicyclic) bond motifs is 4. The molecule has 0 aliphatic heterocycles. The number of esters is 1. The Labute approximate surface area is 195 Å². The van der Waals surface area contributed by atoms with Gasteiger partial charge in [0, 0.05) is 17.4 Å². The normalized spacial score (nSPS) is 19.0. The standard InChI is InChI=1S/C26H20N4O4/c27-13-14-30-23(28-22-12-6-5-11-21(22)26(30)32)15-33-24(31)16-34-29-25-19-9-3-1-7-17(19)18-8-2-4-10-20(18)25/h1-12,17,19H,14-16H2/b29-25-. The van der Waals surface area contributed by atoms with Crippen LogP contribution in [0, 0.1) is 17.2 Å². The molecule has 8 heteroatoms. The summed E-state index contributed by atoms with van der Waals surface area (Å²) in [6.07, 6.45) is 8.21. The first-order valence-corrected chi connectivity index (χ1v) is 10.8. The molecular weight excluding hydrogens is 432 g/mol. The minimum Gasteiger partial charge on any atom is -0.455 e. The highest BCUT2D eigenvalue weighted by molar-refractivity contribution is 6.08. The summed E-state index contributed by atoms with van der Waals surface area (Å²) in [6, 6.07) is 16.8. The molecule has 2 aliphatic rings. The Morgan fingerprint density at radius 3 is 2.71 bits per heavy atom. The highest BCUT2D eigenvalue weighted by Gasteiger charge is 2.36. The predicted molar refractivity (Wildman–Crippen MR) is 125 cm³/mol. The van der Waals surface area contributed by atoms with E-state index < -0.39 is 12.6 Å². The van der Waals surface area contributed by atoms with Crippen molar-refractivity contribution in [3.8, 4) is 6.07 Å². The fraction of sp³-hybridized carbons (Fsp3) is 0.192. The van der Waals surface area contributed by atoms with Crippen molar-refractivity contribution in [2.24, 2.45) is 11.1 Å². The summed E-state index contributed by atoms with van der Waals surface area (Å²) in [4.78, 5) is 34.8. The smallest absolute Gasteiger partial charge is 0.347 e. The van der Waals surface area contributed by atoms with Crippen LogP contribution in [0.1, 0.15) is 22.9 Å². The molecule has 2 aromatic carbocycles. The Kier molecular flexibility index (Phi) is 5.75. The zero-order chi connectivity index (χ0) is 23.5. The van der Waals surface area contributed by atoms with Gasteiger partial charge in [0.1, 0.15) is 13.2 Å². The van der Waals surface area contributed by atoms with Gasteiger partial charge in [0.05, 0.1) is 22.7 Å². The van der Waals surface area contributed by atoms with Crippen molar-refractivity contribution < 1.29 is 14.4 Å². The molecule has 168 valence electrons. The van der Waals surface area contributed by atoms with Gasteiger partial charge in [0.2, 0.25) is 6.61 Å². The van der Waals surface area contributed by atoms with Crippen molar-refractivity contribution >= 4 is 22.6 Å². The minimum atomic E-state index is -0.655. The Morgan fingerprint density at radius 1 is 1.09 bits per heavy atom. The summed E-state index contributed by atoms with van der Waals surface area (Å²) in [7, 11) is 0. The fourth-order valence-electron chi connectivity index (χ4n) is 4.38. The summed E-state index contributed by atoms with van der Waals surface area (Å²) in [5, 5.41) is 13.8. The van der Waals surface area contributed by atoms with E-state index in [0.29, 0.717) is 10.9 Å². The van der Waals surface area contributed by atoms with Crippen molar-refractivity contribution in [3.63, 3.8) is 0 Å². The molecule has 5 rings (SSSR count). The average Bonchev–Trinajstić information content (AvgIpc) is 3.19. The number of allylic oxidation sites excluding steroid dienone is 4. The van der Waals surface area contributed by atoms with Gasteiger partial charge in [-0.05, 0) is 17.7 Å². The third kappa shape index (κ3) is 3.88. The van der Waals surface area contributed by atoms with E-state index in [-0.39, 0.29) is 36.4 Å². The maximum atomic E-state index is 12.7. The van der Waals surface area contributed by atoms with Crippen LogP contribution in [0.3, 0.4) is 0 Å². The lowest BCUT2D eigenvalue weighted by Crippen LogP contribution is -2.26. The van der Waals surface area contributed by atoms with E-state index in [2.05, 4.69) is 28.4 Å². The SMILES string of the molecule is N#CCn1c(COC(=O)CO/N=C2\c3ccccc3C3C=CC=CC23)nc2ccccc2c1=O. The molecule has 0 N–H and O–H groups in total. The van der Waals surface area contributed by atoms with Gasteiger partial charge in [-0.3, -0.25) is 9.36 Å². The molecule has 0 amide bonds. The molecule has 0 spiro atoms. The summed E-state index contributed by atoms with van der Waals surface area (Å²) in [5.74, 6) is -0.208. The van der Waals surface area contributed by atoms with Crippen LogP contribution in [0.2, 0.25) is 0 Å². The number of nitriles is 1. The van der Waals surface area contributed by atoms with Gasteiger partial charge in [-0.1, -0.05) is 65.9 Å². The monoisotopic (exact) mass is 452 g/mol. The largest absolute Gasteiger partial charge is 0.455 e. The number of carbonyl (C=O) groups is 1. The molecular formula is C26H20N4O4. The molecule has 0 bridgehead atoms. The fourth-order valence-corrected chi connectivity index (χ4v) is 4.38. The molecule has 34 heavy (non-hydrogen) atoms. The summed E-state index contributed by atoms with van der Waals surface area (Å²) < 4.78 is 6.47. The number of hydrogen-bond acceptors (Lipinski definition) is 7. The van der Waals surface area contributed by atoms with Crippen molar-refractivity contribution in [1.82, 2.24) is 9.55 Å². The first-order chi connectivity index (χ1) is 16.7. The molecule has 8 nitrogen and oxygen atoms in total. The number of para-hydroxylation sites is 1. The second-order valence-electron chi connectivity index (χ2n) is 7.91. The van der Waals surface area contributed by atoms with E-state index in [1.54, 1.807) is 24.3 Å². The number of oxime groups is 1. The lowest BCUT2D eigenvalue weighted by molar-refractivity contribution is -0.150. The van der Waals surface area contributed by atoms with Crippen LogP contribution in [0.15, 0.2) is 82.8 Å². The summed E-state index contributed by atoms with van der Waals surface area (Å²) >= 11 is 0. The molecule has 2 unspecified atom stereocenters. The highest BCUT2D eigenvalue weighted by atomic mass is 16.7. The van der Waals surface area contributed by atoms with Crippen LogP contribution >= 0.6 is 0 Å². The van der Waals surface area contributed by atoms with Crippen molar-refractivity contribution in [1.29, 1.82) is 5.26 Å². The Morgan fingerprint density at radius 2 is 1.85 bits per heavy atom. The molecule has 3 aromatic rings. The van der Waals surface area contributed by atoms with Gasteiger partial charge in [-0.2, -0.15) is 5.26 Å². The molecule has 0 saturated heterocycles. The van der Waals surface area contributed by atoms with Crippen molar-refractivity contribution in [2.45, 2.75) is 19.1 Å². The number of aromatic nitrogens is 2. The first-order valence-electron chi connectivity index (χ1n) is 10.8. The van der Waals surface area contributed by atoms with Gasteiger partial charge < -0.3 is 9.57 Å². The van der Waals surface area contributed by atoms with E-state index >= 15 is 0 Å². The summed E-state index contributed by atoms with van der Waals surface area (Å²) in [6.45, 7) is -0.849. The number of benzene rings is 2.